The predicted octanol–water partition coefficient (Wildman–Crippen LogP) is 2.38. The Balaban J connectivity index is 2.82. The molecule has 0 spiro atoms. The molecular weight excluding hydrogens is 214 g/mol. The van der Waals surface area contributed by atoms with Crippen molar-refractivity contribution in [2.75, 3.05) is 12.4 Å². The molecule has 0 aliphatic rings. The van der Waals surface area contributed by atoms with Crippen LogP contribution in [0, 0.1) is 17.0 Å². The summed E-state index contributed by atoms with van der Waals surface area (Å²) >= 11 is 1.41. The van der Waals surface area contributed by atoms with Gasteiger partial charge in [-0.3, -0.25) is 10.1 Å². The van der Waals surface area contributed by atoms with Gasteiger partial charge in [-0.2, -0.15) is 0 Å². The Morgan fingerprint density at radius 3 is 2.87 bits per heavy atom. The second-order valence-electron chi connectivity index (χ2n) is 3.15. The third-order valence-electron chi connectivity index (χ3n) is 1.87. The molecule has 0 saturated heterocycles. The van der Waals surface area contributed by atoms with Crippen LogP contribution in [0.2, 0.25) is 0 Å². The van der Waals surface area contributed by atoms with Gasteiger partial charge in [0.05, 0.1) is 9.82 Å². The zero-order valence-corrected chi connectivity index (χ0v) is 9.29. The molecule has 0 atom stereocenters. The number of thioether (sulfide) groups is 1. The average Bonchev–Trinajstić information content (AvgIpc) is 2.18. The molecule has 0 aromatic heterocycles. The van der Waals surface area contributed by atoms with E-state index in [0.29, 0.717) is 17.1 Å². The molecule has 15 heavy (non-hydrogen) atoms. The summed E-state index contributed by atoms with van der Waals surface area (Å²) in [6.45, 7) is 2.02. The van der Waals surface area contributed by atoms with Crippen molar-refractivity contribution in [3.8, 4) is 0 Å². The van der Waals surface area contributed by atoms with Crippen molar-refractivity contribution < 1.29 is 10.0 Å². The first kappa shape index (κ1) is 12.0. The standard InChI is InChI=1S/C10H13NO3S/c1-8-3-4-9(11(13)14)10(7-8)15-6-2-5-12/h3-4,7,12H,2,5-6H2,1H3. The molecule has 0 aliphatic heterocycles. The highest BCUT2D eigenvalue weighted by atomic mass is 32.2. The van der Waals surface area contributed by atoms with Crippen molar-refractivity contribution in [2.24, 2.45) is 0 Å². The molecule has 0 amide bonds. The smallest absolute Gasteiger partial charge is 0.282 e. The maximum absolute atomic E-state index is 10.7. The SMILES string of the molecule is Cc1ccc([N+](=O)[O-])c(SCCCO)c1. The van der Waals surface area contributed by atoms with E-state index in [2.05, 4.69) is 0 Å². The molecule has 0 radical (unpaired) electrons. The zero-order chi connectivity index (χ0) is 11.3. The van der Waals surface area contributed by atoms with Gasteiger partial charge in [0, 0.05) is 18.4 Å². The molecule has 4 nitrogen and oxygen atoms in total. The van der Waals surface area contributed by atoms with E-state index in [1.165, 1.54) is 17.8 Å². The molecule has 0 heterocycles. The Morgan fingerprint density at radius 1 is 1.53 bits per heavy atom. The molecule has 1 rings (SSSR count). The lowest BCUT2D eigenvalue weighted by Crippen LogP contribution is -1.93. The number of rotatable bonds is 5. The molecule has 0 bridgehead atoms. The summed E-state index contributed by atoms with van der Waals surface area (Å²) in [6.07, 6.45) is 0.649. The van der Waals surface area contributed by atoms with Gasteiger partial charge in [-0.15, -0.1) is 11.8 Å². The van der Waals surface area contributed by atoms with Gasteiger partial charge in [-0.25, -0.2) is 0 Å². The largest absolute Gasteiger partial charge is 0.396 e. The number of nitro groups is 1. The number of hydrogen-bond donors (Lipinski definition) is 1. The average molecular weight is 227 g/mol. The Bertz CT molecular complexity index is 355. The van der Waals surface area contributed by atoms with Gasteiger partial charge in [0.1, 0.15) is 0 Å². The minimum Gasteiger partial charge on any atom is -0.396 e. The van der Waals surface area contributed by atoms with Crippen LogP contribution < -0.4 is 0 Å². The third kappa shape index (κ3) is 3.53. The number of nitro benzene ring substituents is 1. The van der Waals surface area contributed by atoms with Gasteiger partial charge in [0.15, 0.2) is 0 Å². The van der Waals surface area contributed by atoms with Crippen LogP contribution >= 0.6 is 11.8 Å². The lowest BCUT2D eigenvalue weighted by molar-refractivity contribution is -0.387. The predicted molar refractivity (Wildman–Crippen MR) is 60.3 cm³/mol. The molecular formula is C10H13NO3S. The van der Waals surface area contributed by atoms with E-state index in [0.717, 1.165) is 5.56 Å². The number of aryl methyl sites for hydroxylation is 1. The van der Waals surface area contributed by atoms with E-state index in [9.17, 15) is 10.1 Å². The van der Waals surface area contributed by atoms with Gasteiger partial charge in [-0.05, 0) is 25.0 Å². The van der Waals surface area contributed by atoms with Crippen molar-refractivity contribution in [3.05, 3.63) is 33.9 Å². The van der Waals surface area contributed by atoms with Crippen LogP contribution in [0.4, 0.5) is 5.69 Å². The van der Waals surface area contributed by atoms with Crippen molar-refractivity contribution in [1.82, 2.24) is 0 Å². The highest BCUT2D eigenvalue weighted by Crippen LogP contribution is 2.30. The Hall–Kier alpha value is -1.07. The second kappa shape index (κ2) is 5.72. The van der Waals surface area contributed by atoms with E-state index >= 15 is 0 Å². The normalized spacial score (nSPS) is 10.3. The van der Waals surface area contributed by atoms with E-state index < -0.39 is 0 Å². The fraction of sp³-hybridized carbons (Fsp3) is 0.400. The number of aliphatic hydroxyl groups excluding tert-OH is 1. The molecule has 0 aliphatic carbocycles. The minimum atomic E-state index is -0.374. The minimum absolute atomic E-state index is 0.118. The molecule has 5 heteroatoms. The first-order chi connectivity index (χ1) is 7.15. The number of nitrogens with zero attached hydrogens (tertiary/aromatic N) is 1. The molecule has 1 aromatic carbocycles. The van der Waals surface area contributed by atoms with Crippen LogP contribution in [-0.4, -0.2) is 22.4 Å². The van der Waals surface area contributed by atoms with Crippen LogP contribution in [-0.2, 0) is 0 Å². The van der Waals surface area contributed by atoms with Crippen molar-refractivity contribution in [1.29, 1.82) is 0 Å². The Morgan fingerprint density at radius 2 is 2.27 bits per heavy atom. The van der Waals surface area contributed by atoms with Crippen LogP contribution in [0.1, 0.15) is 12.0 Å². The molecule has 82 valence electrons. The van der Waals surface area contributed by atoms with Crippen LogP contribution in [0.3, 0.4) is 0 Å². The number of aliphatic hydroxyl groups is 1. The van der Waals surface area contributed by atoms with Gasteiger partial charge >= 0.3 is 0 Å². The third-order valence-corrected chi connectivity index (χ3v) is 3.00. The summed E-state index contributed by atoms with van der Waals surface area (Å²) in [7, 11) is 0. The molecule has 0 fully saturated rings. The second-order valence-corrected chi connectivity index (χ2v) is 4.29. The van der Waals surface area contributed by atoms with Gasteiger partial charge < -0.3 is 5.11 Å². The van der Waals surface area contributed by atoms with E-state index in [1.807, 2.05) is 6.92 Å². The van der Waals surface area contributed by atoms with Gasteiger partial charge in [0.25, 0.3) is 5.69 Å². The van der Waals surface area contributed by atoms with E-state index in [-0.39, 0.29) is 17.2 Å². The van der Waals surface area contributed by atoms with E-state index in [4.69, 9.17) is 5.11 Å². The van der Waals surface area contributed by atoms with Gasteiger partial charge in [-0.1, -0.05) is 6.07 Å². The summed E-state index contributed by atoms with van der Waals surface area (Å²) in [6, 6.07) is 5.06. The van der Waals surface area contributed by atoms with Crippen molar-refractivity contribution >= 4 is 17.4 Å². The number of hydrogen-bond acceptors (Lipinski definition) is 4. The highest BCUT2D eigenvalue weighted by molar-refractivity contribution is 7.99. The first-order valence-electron chi connectivity index (χ1n) is 4.64. The number of benzene rings is 1. The Kier molecular flexibility index (Phi) is 4.58. The fourth-order valence-electron chi connectivity index (χ4n) is 1.13. The lowest BCUT2D eigenvalue weighted by atomic mass is 10.2. The summed E-state index contributed by atoms with van der Waals surface area (Å²) in [5, 5.41) is 19.3. The summed E-state index contributed by atoms with van der Waals surface area (Å²) in [5.74, 6) is 0.695. The topological polar surface area (TPSA) is 63.4 Å². The zero-order valence-electron chi connectivity index (χ0n) is 8.47. The van der Waals surface area contributed by atoms with Crippen molar-refractivity contribution in [2.45, 2.75) is 18.2 Å². The summed E-state index contributed by atoms with van der Waals surface area (Å²) < 4.78 is 0. The first-order valence-corrected chi connectivity index (χ1v) is 5.62. The molecule has 1 N–H and O–H groups in total. The summed E-state index contributed by atoms with van der Waals surface area (Å²) in [5.41, 5.74) is 1.15. The monoisotopic (exact) mass is 227 g/mol. The van der Waals surface area contributed by atoms with Crippen LogP contribution in [0.25, 0.3) is 0 Å². The summed E-state index contributed by atoms with van der Waals surface area (Å²) in [4.78, 5) is 11.0. The lowest BCUT2D eigenvalue weighted by Gasteiger charge is -2.03. The quantitative estimate of drug-likeness (QED) is 0.363. The fourth-order valence-corrected chi connectivity index (χ4v) is 2.19. The highest BCUT2D eigenvalue weighted by Gasteiger charge is 2.13. The maximum atomic E-state index is 10.7. The molecule has 0 saturated carbocycles. The Labute approximate surface area is 92.5 Å². The maximum Gasteiger partial charge on any atom is 0.282 e. The van der Waals surface area contributed by atoms with Crippen LogP contribution in [0.15, 0.2) is 23.1 Å². The van der Waals surface area contributed by atoms with E-state index in [1.54, 1.807) is 12.1 Å². The van der Waals surface area contributed by atoms with Gasteiger partial charge in [0.2, 0.25) is 0 Å². The van der Waals surface area contributed by atoms with Crippen LogP contribution in [0.5, 0.6) is 0 Å². The molecule has 0 unspecified atom stereocenters. The van der Waals surface area contributed by atoms with Crippen molar-refractivity contribution in [3.63, 3.8) is 0 Å². The molecule has 1 aromatic rings.